The Kier molecular flexibility index (Phi) is 4.40. The second-order valence-corrected chi connectivity index (χ2v) is 5.94. The van der Waals surface area contributed by atoms with Gasteiger partial charge in [0.2, 0.25) is 0 Å². The van der Waals surface area contributed by atoms with Crippen LogP contribution >= 0.6 is 0 Å². The summed E-state index contributed by atoms with van der Waals surface area (Å²) >= 11 is 0. The molecule has 0 unspecified atom stereocenters. The van der Waals surface area contributed by atoms with Crippen LogP contribution in [-0.4, -0.2) is 20.7 Å². The Balaban J connectivity index is 2.15. The molecule has 2 aromatic rings. The van der Waals surface area contributed by atoms with E-state index >= 15 is 0 Å². The Bertz CT molecular complexity index is 611. The fourth-order valence-corrected chi connectivity index (χ4v) is 2.25. The quantitative estimate of drug-likeness (QED) is 0.939. The maximum absolute atomic E-state index is 12.3. The van der Waals surface area contributed by atoms with Crippen molar-refractivity contribution in [3.8, 4) is 0 Å². The Hall–Kier alpha value is -2.17. The van der Waals surface area contributed by atoms with Crippen molar-refractivity contribution in [1.82, 2.24) is 20.1 Å². The minimum Gasteiger partial charge on any atom is -0.346 e. The van der Waals surface area contributed by atoms with E-state index in [4.69, 9.17) is 0 Å². The number of aromatic nitrogens is 3. The van der Waals surface area contributed by atoms with E-state index in [1.54, 1.807) is 12.4 Å². The van der Waals surface area contributed by atoms with Crippen LogP contribution in [0.3, 0.4) is 0 Å². The van der Waals surface area contributed by atoms with E-state index in [0.29, 0.717) is 12.1 Å². The van der Waals surface area contributed by atoms with Gasteiger partial charge in [-0.15, -0.1) is 0 Å². The van der Waals surface area contributed by atoms with Crippen LogP contribution in [0.2, 0.25) is 0 Å². The zero-order valence-electron chi connectivity index (χ0n) is 13.1. The maximum atomic E-state index is 12.3. The van der Waals surface area contributed by atoms with E-state index in [0.717, 1.165) is 17.8 Å². The molecule has 0 atom stereocenters. The second-order valence-electron chi connectivity index (χ2n) is 5.94. The summed E-state index contributed by atoms with van der Waals surface area (Å²) in [7, 11) is 0. The van der Waals surface area contributed by atoms with Crippen LogP contribution in [0.1, 0.15) is 49.4 Å². The average molecular weight is 286 g/mol. The Morgan fingerprint density at radius 2 is 2.10 bits per heavy atom. The molecule has 0 aliphatic heterocycles. The van der Waals surface area contributed by atoms with Crippen molar-refractivity contribution in [3.05, 3.63) is 47.5 Å². The van der Waals surface area contributed by atoms with Crippen LogP contribution in [0.5, 0.6) is 0 Å². The lowest BCUT2D eigenvalue weighted by Gasteiger charge is -2.22. The molecule has 5 nitrogen and oxygen atoms in total. The molecule has 112 valence electrons. The number of nitrogens with zero attached hydrogens (tertiary/aromatic N) is 3. The number of carbonyl (C=O) groups excluding carboxylic acids is 1. The zero-order valence-corrected chi connectivity index (χ0v) is 13.1. The SMILES string of the molecule is CCc1c(C(=O)NCc2ccccn2)cnn1C(C)(C)C. The zero-order chi connectivity index (χ0) is 15.5. The molecule has 0 spiro atoms. The molecule has 2 aromatic heterocycles. The van der Waals surface area contributed by atoms with Crippen molar-refractivity contribution >= 4 is 5.91 Å². The van der Waals surface area contributed by atoms with Gasteiger partial charge < -0.3 is 5.32 Å². The molecule has 0 aliphatic carbocycles. The summed E-state index contributed by atoms with van der Waals surface area (Å²) in [5.74, 6) is -0.104. The first-order chi connectivity index (χ1) is 9.93. The lowest BCUT2D eigenvalue weighted by atomic mass is 10.1. The van der Waals surface area contributed by atoms with E-state index in [2.05, 4.69) is 36.2 Å². The number of rotatable bonds is 4. The van der Waals surface area contributed by atoms with Crippen LogP contribution in [0, 0.1) is 0 Å². The molecule has 0 saturated heterocycles. The van der Waals surface area contributed by atoms with Crippen LogP contribution in [0.25, 0.3) is 0 Å². The number of hydrogen-bond acceptors (Lipinski definition) is 3. The molecule has 0 saturated carbocycles. The normalized spacial score (nSPS) is 11.4. The van der Waals surface area contributed by atoms with Crippen molar-refractivity contribution in [2.45, 2.75) is 46.2 Å². The van der Waals surface area contributed by atoms with Crippen LogP contribution < -0.4 is 5.32 Å². The van der Waals surface area contributed by atoms with Gasteiger partial charge in [-0.2, -0.15) is 5.10 Å². The molecular weight excluding hydrogens is 264 g/mol. The lowest BCUT2D eigenvalue weighted by Crippen LogP contribution is -2.27. The first-order valence-corrected chi connectivity index (χ1v) is 7.19. The van der Waals surface area contributed by atoms with Gasteiger partial charge in [0, 0.05) is 6.20 Å². The van der Waals surface area contributed by atoms with E-state index in [1.807, 2.05) is 29.8 Å². The molecule has 0 radical (unpaired) electrons. The number of pyridine rings is 1. The second kappa shape index (κ2) is 6.08. The third kappa shape index (κ3) is 3.48. The highest BCUT2D eigenvalue weighted by Crippen LogP contribution is 2.19. The summed E-state index contributed by atoms with van der Waals surface area (Å²) in [4.78, 5) is 16.5. The van der Waals surface area contributed by atoms with Gasteiger partial charge in [0.05, 0.1) is 35.2 Å². The van der Waals surface area contributed by atoms with E-state index in [9.17, 15) is 4.79 Å². The molecule has 2 rings (SSSR count). The maximum Gasteiger partial charge on any atom is 0.255 e. The highest BCUT2D eigenvalue weighted by molar-refractivity contribution is 5.95. The highest BCUT2D eigenvalue weighted by atomic mass is 16.1. The van der Waals surface area contributed by atoms with Crippen LogP contribution in [-0.2, 0) is 18.5 Å². The van der Waals surface area contributed by atoms with E-state index in [-0.39, 0.29) is 11.4 Å². The first kappa shape index (κ1) is 15.2. The van der Waals surface area contributed by atoms with Crippen molar-refractivity contribution in [1.29, 1.82) is 0 Å². The summed E-state index contributed by atoms with van der Waals surface area (Å²) in [6, 6.07) is 5.65. The van der Waals surface area contributed by atoms with Gasteiger partial charge in [0.25, 0.3) is 5.91 Å². The summed E-state index contributed by atoms with van der Waals surface area (Å²) < 4.78 is 1.92. The molecule has 0 aromatic carbocycles. The predicted molar refractivity (Wildman–Crippen MR) is 82.0 cm³/mol. The van der Waals surface area contributed by atoms with Crippen LogP contribution in [0.15, 0.2) is 30.6 Å². The Morgan fingerprint density at radius 3 is 2.67 bits per heavy atom. The van der Waals surface area contributed by atoms with Gasteiger partial charge in [-0.3, -0.25) is 14.5 Å². The summed E-state index contributed by atoms with van der Waals surface area (Å²) in [5.41, 5.74) is 2.31. The Labute approximate surface area is 125 Å². The lowest BCUT2D eigenvalue weighted by molar-refractivity contribution is 0.0949. The molecule has 2 heterocycles. The largest absolute Gasteiger partial charge is 0.346 e. The summed E-state index contributed by atoms with van der Waals surface area (Å²) in [5, 5.41) is 7.27. The Morgan fingerprint density at radius 1 is 1.33 bits per heavy atom. The average Bonchev–Trinajstić information content (AvgIpc) is 2.90. The van der Waals surface area contributed by atoms with Gasteiger partial charge in [-0.25, -0.2) is 0 Å². The molecule has 0 bridgehead atoms. The van der Waals surface area contributed by atoms with Crippen molar-refractivity contribution < 1.29 is 4.79 Å². The van der Waals surface area contributed by atoms with Crippen LogP contribution in [0.4, 0.5) is 0 Å². The highest BCUT2D eigenvalue weighted by Gasteiger charge is 2.22. The number of nitrogens with one attached hydrogen (secondary N) is 1. The summed E-state index contributed by atoms with van der Waals surface area (Å²) in [6.45, 7) is 8.69. The third-order valence-corrected chi connectivity index (χ3v) is 3.24. The van der Waals surface area contributed by atoms with E-state index in [1.165, 1.54) is 0 Å². The first-order valence-electron chi connectivity index (χ1n) is 7.19. The molecule has 0 aliphatic rings. The smallest absolute Gasteiger partial charge is 0.255 e. The van der Waals surface area contributed by atoms with Gasteiger partial charge in [-0.1, -0.05) is 13.0 Å². The molecule has 0 fully saturated rings. The standard InChI is InChI=1S/C16H22N4O/c1-5-14-13(11-19-20(14)16(2,3)4)15(21)18-10-12-8-6-7-9-17-12/h6-9,11H,5,10H2,1-4H3,(H,18,21). The minimum absolute atomic E-state index is 0.104. The topological polar surface area (TPSA) is 59.8 Å². The van der Waals surface area contributed by atoms with Gasteiger partial charge in [-0.05, 0) is 39.3 Å². The number of amides is 1. The van der Waals surface area contributed by atoms with Gasteiger partial charge in [0.15, 0.2) is 0 Å². The molecule has 1 N–H and O–H groups in total. The molecule has 1 amide bonds. The molecule has 5 heteroatoms. The minimum atomic E-state index is -0.134. The monoisotopic (exact) mass is 286 g/mol. The van der Waals surface area contributed by atoms with Crippen molar-refractivity contribution in [2.24, 2.45) is 0 Å². The van der Waals surface area contributed by atoms with Gasteiger partial charge in [0.1, 0.15) is 0 Å². The number of hydrogen-bond donors (Lipinski definition) is 1. The molecule has 21 heavy (non-hydrogen) atoms. The van der Waals surface area contributed by atoms with Crippen molar-refractivity contribution in [2.75, 3.05) is 0 Å². The summed E-state index contributed by atoms with van der Waals surface area (Å²) in [6.07, 6.45) is 4.14. The fourth-order valence-electron chi connectivity index (χ4n) is 2.25. The fraction of sp³-hybridized carbons (Fsp3) is 0.438. The molecular formula is C16H22N4O. The van der Waals surface area contributed by atoms with E-state index < -0.39 is 0 Å². The third-order valence-electron chi connectivity index (χ3n) is 3.24. The predicted octanol–water partition coefficient (Wildman–Crippen LogP) is 2.53. The van der Waals surface area contributed by atoms with Gasteiger partial charge >= 0.3 is 0 Å². The van der Waals surface area contributed by atoms with Crippen molar-refractivity contribution in [3.63, 3.8) is 0 Å². The number of carbonyl (C=O) groups is 1.